The van der Waals surface area contributed by atoms with Gasteiger partial charge < -0.3 is 14.8 Å². The highest BCUT2D eigenvalue weighted by Gasteiger charge is 2.39. The van der Waals surface area contributed by atoms with Gasteiger partial charge in [0, 0.05) is 48.4 Å². The van der Waals surface area contributed by atoms with Gasteiger partial charge in [-0.2, -0.15) is 5.10 Å². The van der Waals surface area contributed by atoms with E-state index >= 15 is 0 Å². The molecule has 3 rings (SSSR count). The smallest absolute Gasteiger partial charge is 0.233 e. The summed E-state index contributed by atoms with van der Waals surface area (Å²) in [6.07, 6.45) is 4.99. The molecule has 26 heavy (non-hydrogen) atoms. The van der Waals surface area contributed by atoms with Crippen molar-refractivity contribution in [3.63, 3.8) is 0 Å². The Hall–Kier alpha value is -0.910. The molecule has 1 N–H and O–H groups in total. The highest BCUT2D eigenvalue weighted by molar-refractivity contribution is 6.20. The maximum atomic E-state index is 6.28. The first-order valence-corrected chi connectivity index (χ1v) is 10.1. The van der Waals surface area contributed by atoms with Gasteiger partial charge >= 0.3 is 0 Å². The molecule has 0 spiro atoms. The lowest BCUT2D eigenvalue weighted by molar-refractivity contribution is 0.0490. The van der Waals surface area contributed by atoms with Crippen LogP contribution in [0.4, 0.5) is 0 Å². The van der Waals surface area contributed by atoms with E-state index in [1.807, 2.05) is 12.1 Å². The lowest BCUT2D eigenvalue weighted by Crippen LogP contribution is -2.60. The van der Waals surface area contributed by atoms with E-state index < -0.39 is 0 Å². The minimum absolute atomic E-state index is 0.0473. The van der Waals surface area contributed by atoms with E-state index in [0.717, 1.165) is 37.8 Å². The van der Waals surface area contributed by atoms with Crippen molar-refractivity contribution in [2.75, 3.05) is 7.11 Å². The van der Waals surface area contributed by atoms with Crippen LogP contribution in [-0.2, 0) is 4.74 Å². The molecule has 0 bridgehead atoms. The number of rotatable bonds is 4. The molecule has 2 aliphatic rings. The SMILES string of the molecule is COC1C[C@H](Cl)CCC1c1ccc(OC2CC(C)(C)NC(C)(C)C2)nn1. The second kappa shape index (κ2) is 7.61. The highest BCUT2D eigenvalue weighted by Crippen LogP contribution is 2.36. The Morgan fingerprint density at radius 1 is 1.08 bits per heavy atom. The van der Waals surface area contributed by atoms with Crippen molar-refractivity contribution in [2.24, 2.45) is 0 Å². The van der Waals surface area contributed by atoms with E-state index in [1.54, 1.807) is 7.11 Å². The van der Waals surface area contributed by atoms with Crippen LogP contribution in [0.25, 0.3) is 0 Å². The molecule has 1 aliphatic carbocycles. The third-order valence-electron chi connectivity index (χ3n) is 5.51. The second-order valence-electron chi connectivity index (χ2n) is 9.13. The number of hydrogen-bond donors (Lipinski definition) is 1. The summed E-state index contributed by atoms with van der Waals surface area (Å²) < 4.78 is 11.8. The zero-order valence-corrected chi connectivity index (χ0v) is 17.3. The Morgan fingerprint density at radius 2 is 1.77 bits per heavy atom. The van der Waals surface area contributed by atoms with Crippen LogP contribution >= 0.6 is 11.6 Å². The van der Waals surface area contributed by atoms with Gasteiger partial charge in [0.1, 0.15) is 6.10 Å². The van der Waals surface area contributed by atoms with Gasteiger partial charge in [0.25, 0.3) is 0 Å². The van der Waals surface area contributed by atoms with Crippen LogP contribution in [-0.4, -0.2) is 46.0 Å². The van der Waals surface area contributed by atoms with Crippen LogP contribution in [0.15, 0.2) is 12.1 Å². The van der Waals surface area contributed by atoms with E-state index in [2.05, 4.69) is 43.2 Å². The quantitative estimate of drug-likeness (QED) is 0.797. The van der Waals surface area contributed by atoms with Crippen molar-refractivity contribution in [3.05, 3.63) is 17.8 Å². The minimum atomic E-state index is 0.0473. The van der Waals surface area contributed by atoms with Gasteiger partial charge in [-0.3, -0.25) is 0 Å². The summed E-state index contributed by atoms with van der Waals surface area (Å²) in [4.78, 5) is 0. The van der Waals surface area contributed by atoms with Gasteiger partial charge in [-0.05, 0) is 53.0 Å². The van der Waals surface area contributed by atoms with Crippen LogP contribution in [0.3, 0.4) is 0 Å². The van der Waals surface area contributed by atoms with Crippen molar-refractivity contribution in [2.45, 2.75) is 94.4 Å². The fraction of sp³-hybridized carbons (Fsp3) is 0.800. The maximum Gasteiger partial charge on any atom is 0.233 e. The summed E-state index contributed by atoms with van der Waals surface area (Å²) in [6.45, 7) is 8.88. The lowest BCUT2D eigenvalue weighted by Gasteiger charge is -2.46. The monoisotopic (exact) mass is 381 g/mol. The standard InChI is InChI=1S/C20H32ClN3O2/c1-19(2)11-14(12-20(3,4)24-19)26-18-9-8-16(22-23-18)15-7-6-13(21)10-17(15)25-5/h8-9,13-15,17,24H,6-7,10-12H2,1-5H3/t13-,15?,17?/m1/s1. The summed E-state index contributed by atoms with van der Waals surface area (Å²) in [7, 11) is 1.75. The third-order valence-corrected chi connectivity index (χ3v) is 5.91. The average molecular weight is 382 g/mol. The molecule has 2 heterocycles. The van der Waals surface area contributed by atoms with Crippen LogP contribution in [0, 0.1) is 0 Å². The number of methoxy groups -OCH3 is 1. The first kappa shape index (κ1) is 19.8. The summed E-state index contributed by atoms with van der Waals surface area (Å²) in [5, 5.41) is 12.7. The summed E-state index contributed by atoms with van der Waals surface area (Å²) >= 11 is 6.28. The zero-order valence-electron chi connectivity index (χ0n) is 16.6. The summed E-state index contributed by atoms with van der Waals surface area (Å²) in [5.41, 5.74) is 1.07. The molecule has 6 heteroatoms. The minimum Gasteiger partial charge on any atom is -0.473 e. The van der Waals surface area contributed by atoms with Crippen molar-refractivity contribution >= 4 is 11.6 Å². The fourth-order valence-corrected chi connectivity index (χ4v) is 5.05. The normalized spacial score (nSPS) is 31.5. The molecule has 0 radical (unpaired) electrons. The molecule has 0 amide bonds. The van der Waals surface area contributed by atoms with Crippen molar-refractivity contribution < 1.29 is 9.47 Å². The number of ether oxygens (including phenoxy) is 2. The van der Waals surface area contributed by atoms with Gasteiger partial charge in [0.2, 0.25) is 5.88 Å². The van der Waals surface area contributed by atoms with E-state index in [4.69, 9.17) is 21.1 Å². The molecule has 1 aromatic rings. The fourth-order valence-electron chi connectivity index (χ4n) is 4.75. The van der Waals surface area contributed by atoms with Crippen LogP contribution in [0.5, 0.6) is 5.88 Å². The number of alkyl halides is 1. The van der Waals surface area contributed by atoms with Crippen LogP contribution < -0.4 is 10.1 Å². The molecule has 1 aromatic heterocycles. The predicted octanol–water partition coefficient (Wildman–Crippen LogP) is 4.05. The number of nitrogens with one attached hydrogen (secondary N) is 1. The molecule has 1 saturated heterocycles. The Balaban J connectivity index is 1.66. The molecule has 1 aliphatic heterocycles. The summed E-state index contributed by atoms with van der Waals surface area (Å²) in [5.74, 6) is 0.862. The van der Waals surface area contributed by atoms with Crippen molar-refractivity contribution in [3.8, 4) is 5.88 Å². The average Bonchev–Trinajstić information content (AvgIpc) is 2.52. The maximum absolute atomic E-state index is 6.28. The molecule has 146 valence electrons. The Bertz CT molecular complexity index is 590. The molecule has 2 unspecified atom stereocenters. The summed E-state index contributed by atoms with van der Waals surface area (Å²) in [6, 6.07) is 3.98. The van der Waals surface area contributed by atoms with Crippen molar-refractivity contribution in [1.82, 2.24) is 15.5 Å². The zero-order chi connectivity index (χ0) is 18.9. The van der Waals surface area contributed by atoms with Crippen LogP contribution in [0.1, 0.15) is 71.4 Å². The Morgan fingerprint density at radius 3 is 2.35 bits per heavy atom. The van der Waals surface area contributed by atoms with E-state index in [0.29, 0.717) is 5.88 Å². The number of halogens is 1. The van der Waals surface area contributed by atoms with E-state index in [-0.39, 0.29) is 34.6 Å². The number of piperidine rings is 1. The molecule has 0 aromatic carbocycles. The van der Waals surface area contributed by atoms with Crippen molar-refractivity contribution in [1.29, 1.82) is 0 Å². The number of aromatic nitrogens is 2. The first-order chi connectivity index (χ1) is 12.2. The number of nitrogens with zero attached hydrogens (tertiary/aromatic N) is 2. The molecule has 3 atom stereocenters. The van der Waals surface area contributed by atoms with Gasteiger partial charge in [0.05, 0.1) is 11.8 Å². The highest BCUT2D eigenvalue weighted by atomic mass is 35.5. The largest absolute Gasteiger partial charge is 0.473 e. The van der Waals surface area contributed by atoms with E-state index in [9.17, 15) is 0 Å². The van der Waals surface area contributed by atoms with Gasteiger partial charge in [-0.1, -0.05) is 0 Å². The molecular weight excluding hydrogens is 350 g/mol. The topological polar surface area (TPSA) is 56.3 Å². The number of hydrogen-bond acceptors (Lipinski definition) is 5. The van der Waals surface area contributed by atoms with Gasteiger partial charge in [0.15, 0.2) is 0 Å². The molecular formula is C20H32ClN3O2. The second-order valence-corrected chi connectivity index (χ2v) is 9.75. The third kappa shape index (κ3) is 4.87. The predicted molar refractivity (Wildman–Crippen MR) is 104 cm³/mol. The van der Waals surface area contributed by atoms with Crippen LogP contribution in [0.2, 0.25) is 0 Å². The Kier molecular flexibility index (Phi) is 5.80. The van der Waals surface area contributed by atoms with E-state index in [1.165, 1.54) is 0 Å². The van der Waals surface area contributed by atoms with Gasteiger partial charge in [-0.15, -0.1) is 16.7 Å². The molecule has 2 fully saturated rings. The molecule has 5 nitrogen and oxygen atoms in total. The van der Waals surface area contributed by atoms with Gasteiger partial charge in [-0.25, -0.2) is 0 Å². The first-order valence-electron chi connectivity index (χ1n) is 9.64. The lowest BCUT2D eigenvalue weighted by atomic mass is 9.81. The molecule has 1 saturated carbocycles. The Labute approximate surface area is 162 Å².